The molecule has 1 saturated carbocycles. The molecule has 0 aromatic rings. The molecule has 0 heterocycles. The van der Waals surface area contributed by atoms with Crippen molar-refractivity contribution in [2.24, 2.45) is 5.92 Å². The Bertz CT molecular complexity index is 131. The molecule has 0 spiro atoms. The van der Waals surface area contributed by atoms with Gasteiger partial charge in [-0.2, -0.15) is 0 Å². The van der Waals surface area contributed by atoms with Gasteiger partial charge >= 0.3 is 0 Å². The van der Waals surface area contributed by atoms with Gasteiger partial charge in [-0.15, -0.1) is 0 Å². The molecule has 44 valence electrons. The molecule has 0 saturated heterocycles. The Labute approximate surface area is 47.8 Å². The monoisotopic (exact) mass is 112 g/mol. The highest BCUT2D eigenvalue weighted by Crippen LogP contribution is 2.26. The van der Waals surface area contributed by atoms with E-state index in [2.05, 4.69) is 6.58 Å². The number of aliphatic hydroxyl groups excluding tert-OH is 1. The van der Waals surface area contributed by atoms with Crippen LogP contribution >= 0.6 is 0 Å². The fraction of sp³-hybridized carbons (Fsp3) is 0.500. The summed E-state index contributed by atoms with van der Waals surface area (Å²) in [7, 11) is 0. The van der Waals surface area contributed by atoms with Gasteiger partial charge in [0.15, 0.2) is 5.78 Å². The van der Waals surface area contributed by atoms with Crippen LogP contribution in [0.1, 0.15) is 6.92 Å². The number of aliphatic hydroxyl groups is 1. The van der Waals surface area contributed by atoms with Gasteiger partial charge in [-0.1, -0.05) is 13.5 Å². The second-order valence-electron chi connectivity index (χ2n) is 2.12. The summed E-state index contributed by atoms with van der Waals surface area (Å²) in [5.41, 5.74) is 0.359. The summed E-state index contributed by atoms with van der Waals surface area (Å²) in [4.78, 5) is 10.5. The quantitative estimate of drug-likeness (QED) is 0.452. The second kappa shape index (κ2) is 1.42. The van der Waals surface area contributed by atoms with E-state index < -0.39 is 6.10 Å². The molecule has 1 aliphatic rings. The topological polar surface area (TPSA) is 37.3 Å². The molecule has 1 rings (SSSR count). The van der Waals surface area contributed by atoms with E-state index >= 15 is 0 Å². The van der Waals surface area contributed by atoms with Gasteiger partial charge in [-0.3, -0.25) is 4.79 Å². The number of carbonyl (C=O) groups excluding carboxylic acids is 1. The zero-order chi connectivity index (χ0) is 6.31. The lowest BCUT2D eigenvalue weighted by Crippen LogP contribution is -2.42. The van der Waals surface area contributed by atoms with Crippen LogP contribution in [0.4, 0.5) is 0 Å². The molecule has 2 atom stereocenters. The van der Waals surface area contributed by atoms with Crippen LogP contribution in [0.2, 0.25) is 0 Å². The fourth-order valence-electron chi connectivity index (χ4n) is 0.787. The summed E-state index contributed by atoms with van der Waals surface area (Å²) in [5.74, 6) is -0.208. The van der Waals surface area contributed by atoms with Crippen molar-refractivity contribution >= 4 is 5.78 Å². The Hall–Kier alpha value is -0.630. The minimum Gasteiger partial charge on any atom is -0.388 e. The lowest BCUT2D eigenvalue weighted by atomic mass is 9.78. The van der Waals surface area contributed by atoms with E-state index in [9.17, 15) is 4.79 Å². The van der Waals surface area contributed by atoms with Crippen LogP contribution in [0.25, 0.3) is 0 Å². The Kier molecular flexibility index (Phi) is 0.978. The number of Topliss-reactive ketones (excluding diaryl/α,β-unsaturated/α-hetero) is 1. The van der Waals surface area contributed by atoms with Crippen molar-refractivity contribution in [3.8, 4) is 0 Å². The highest BCUT2D eigenvalue weighted by atomic mass is 16.3. The van der Waals surface area contributed by atoms with Gasteiger partial charge in [0.2, 0.25) is 0 Å². The molecule has 0 aromatic heterocycles. The summed E-state index contributed by atoms with van der Waals surface area (Å²) >= 11 is 0. The number of rotatable bonds is 0. The van der Waals surface area contributed by atoms with Crippen LogP contribution in [0.3, 0.4) is 0 Å². The van der Waals surface area contributed by atoms with Crippen molar-refractivity contribution in [3.63, 3.8) is 0 Å². The Morgan fingerprint density at radius 3 is 2.38 bits per heavy atom. The number of hydrogen-bond donors (Lipinski definition) is 1. The Morgan fingerprint density at radius 2 is 2.25 bits per heavy atom. The van der Waals surface area contributed by atoms with Crippen LogP contribution < -0.4 is 0 Å². The molecule has 2 nitrogen and oxygen atoms in total. The summed E-state index contributed by atoms with van der Waals surface area (Å²) < 4.78 is 0. The van der Waals surface area contributed by atoms with E-state index in [4.69, 9.17) is 5.11 Å². The van der Waals surface area contributed by atoms with E-state index in [0.29, 0.717) is 5.57 Å². The van der Waals surface area contributed by atoms with Crippen LogP contribution in [-0.2, 0) is 4.79 Å². The maximum absolute atomic E-state index is 10.5. The molecule has 1 aliphatic carbocycles. The first-order chi connectivity index (χ1) is 3.64. The van der Waals surface area contributed by atoms with Crippen molar-refractivity contribution in [3.05, 3.63) is 12.2 Å². The first kappa shape index (κ1) is 5.51. The normalized spacial score (nSPS) is 37.2. The molecule has 8 heavy (non-hydrogen) atoms. The van der Waals surface area contributed by atoms with Crippen molar-refractivity contribution in [1.29, 1.82) is 0 Å². The van der Waals surface area contributed by atoms with Gasteiger partial charge < -0.3 is 5.11 Å². The number of hydrogen-bond acceptors (Lipinski definition) is 2. The zero-order valence-electron chi connectivity index (χ0n) is 4.72. The predicted octanol–water partition coefficient (Wildman–Crippen LogP) is 0.122. The van der Waals surface area contributed by atoms with E-state index in [1.807, 2.05) is 0 Å². The van der Waals surface area contributed by atoms with Crippen LogP contribution in [0, 0.1) is 5.92 Å². The van der Waals surface area contributed by atoms with Gasteiger partial charge in [0.25, 0.3) is 0 Å². The largest absolute Gasteiger partial charge is 0.388 e. The summed E-state index contributed by atoms with van der Waals surface area (Å²) in [5, 5.41) is 8.84. The Balaban J connectivity index is 2.68. The average molecular weight is 112 g/mol. The number of ketones is 1. The van der Waals surface area contributed by atoms with Crippen LogP contribution in [0.5, 0.6) is 0 Å². The molecule has 2 unspecified atom stereocenters. The smallest absolute Gasteiger partial charge is 0.166 e. The molecule has 1 N–H and O–H groups in total. The maximum atomic E-state index is 10.5. The third-order valence-electron chi connectivity index (χ3n) is 1.56. The lowest BCUT2D eigenvalue weighted by molar-refractivity contribution is -0.129. The maximum Gasteiger partial charge on any atom is 0.166 e. The van der Waals surface area contributed by atoms with E-state index in [1.165, 1.54) is 0 Å². The molecular weight excluding hydrogens is 104 g/mol. The Morgan fingerprint density at radius 1 is 1.75 bits per heavy atom. The molecule has 0 aromatic carbocycles. The van der Waals surface area contributed by atoms with Gasteiger partial charge in [-0.25, -0.2) is 0 Å². The highest BCUT2D eigenvalue weighted by Gasteiger charge is 2.38. The first-order valence-electron chi connectivity index (χ1n) is 2.55. The van der Waals surface area contributed by atoms with E-state index in [0.717, 1.165) is 0 Å². The second-order valence-corrected chi connectivity index (χ2v) is 2.12. The third-order valence-corrected chi connectivity index (χ3v) is 1.56. The molecule has 1 fully saturated rings. The van der Waals surface area contributed by atoms with Crippen LogP contribution in [0.15, 0.2) is 12.2 Å². The molecular formula is C6H8O2. The van der Waals surface area contributed by atoms with E-state index in [-0.39, 0.29) is 11.7 Å². The molecule has 2 heteroatoms. The van der Waals surface area contributed by atoms with Gasteiger partial charge in [0.1, 0.15) is 0 Å². The first-order valence-corrected chi connectivity index (χ1v) is 2.55. The van der Waals surface area contributed by atoms with Gasteiger partial charge in [0.05, 0.1) is 6.10 Å². The molecule has 0 radical (unpaired) electrons. The van der Waals surface area contributed by atoms with Crippen molar-refractivity contribution in [2.45, 2.75) is 13.0 Å². The van der Waals surface area contributed by atoms with Crippen molar-refractivity contribution in [1.82, 2.24) is 0 Å². The minimum atomic E-state index is -0.567. The average Bonchev–Trinajstić information content (AvgIpc) is 1.83. The van der Waals surface area contributed by atoms with Gasteiger partial charge in [-0.05, 0) is 0 Å². The summed E-state index contributed by atoms with van der Waals surface area (Å²) in [6, 6.07) is 0. The van der Waals surface area contributed by atoms with Gasteiger partial charge in [0, 0.05) is 11.5 Å². The summed E-state index contributed by atoms with van der Waals surface area (Å²) in [6.07, 6.45) is -0.567. The lowest BCUT2D eigenvalue weighted by Gasteiger charge is -2.29. The van der Waals surface area contributed by atoms with Crippen LogP contribution in [-0.4, -0.2) is 17.0 Å². The van der Waals surface area contributed by atoms with Crippen molar-refractivity contribution in [2.75, 3.05) is 0 Å². The molecule has 0 amide bonds. The predicted molar refractivity (Wildman–Crippen MR) is 29.3 cm³/mol. The summed E-state index contributed by atoms with van der Waals surface area (Å²) in [6.45, 7) is 5.07. The fourth-order valence-corrected chi connectivity index (χ4v) is 0.787. The van der Waals surface area contributed by atoms with E-state index in [1.54, 1.807) is 6.92 Å². The highest BCUT2D eigenvalue weighted by molar-refractivity contribution is 6.04. The van der Waals surface area contributed by atoms with Crippen molar-refractivity contribution < 1.29 is 9.90 Å². The molecule has 0 bridgehead atoms. The minimum absolute atomic E-state index is 0.00231. The standard InChI is InChI=1S/C6H8O2/c1-3-5(7)4(2)6(3)8/h4-5,7H,1H2,2H3. The third kappa shape index (κ3) is 0.434. The molecule has 0 aliphatic heterocycles. The number of carbonyl (C=O) groups is 1. The zero-order valence-corrected chi connectivity index (χ0v) is 4.72. The SMILES string of the molecule is C=C1C(=O)C(C)C1O.